The molecule has 0 N–H and O–H groups in total. The summed E-state index contributed by atoms with van der Waals surface area (Å²) in [4.78, 5) is 0. The Bertz CT molecular complexity index is 277. The van der Waals surface area contributed by atoms with Crippen molar-refractivity contribution in [3.63, 3.8) is 0 Å². The van der Waals surface area contributed by atoms with Crippen molar-refractivity contribution in [3.8, 4) is 0 Å². The van der Waals surface area contributed by atoms with E-state index >= 15 is 0 Å². The molecule has 0 spiro atoms. The maximum Gasteiger partial charge on any atom is 4.00 e. The maximum atomic E-state index is 4.37. The molecule has 0 aliphatic rings. The fourth-order valence-electron chi connectivity index (χ4n) is 2.36. The Balaban J connectivity index is -0.000000122. The zero-order valence-electron chi connectivity index (χ0n) is 28.6. The molecule has 0 rings (SSSR count). The molecule has 0 saturated heterocycles. The zero-order chi connectivity index (χ0) is 29.1. The molecule has 0 amide bonds. The molecule has 0 atom stereocenters. The van der Waals surface area contributed by atoms with Crippen LogP contribution in [-0.4, -0.2) is 52.4 Å². The second-order valence-electron chi connectivity index (χ2n) is 13.5. The normalized spacial score (nSPS) is 11.0. The molecule has 0 bridgehead atoms. The van der Waals surface area contributed by atoms with E-state index in [2.05, 4.69) is 132 Å². The monoisotopic (exact) mass is 561 g/mol. The van der Waals surface area contributed by atoms with Gasteiger partial charge >= 0.3 is 21.7 Å². The second kappa shape index (κ2) is 34.6. The Kier molecular flexibility index (Phi) is 44.3. The van der Waals surface area contributed by atoms with Crippen LogP contribution in [0.4, 0.5) is 0 Å². The van der Waals surface area contributed by atoms with Crippen LogP contribution in [-0.2, 0) is 21.7 Å². The predicted octanol–water partition coefficient (Wildman–Crippen LogP) is 10.7. The SMILES string of the molecule is CC(C)C[N-]CC(C)C.CC(C)C[N-]CC(C)C.CC(C)C[N-]CC(C)C.CC(C)C[N-]CC(C)C.[Ti+4]. The van der Waals surface area contributed by atoms with Crippen LogP contribution >= 0.6 is 0 Å². The minimum atomic E-state index is 0. The van der Waals surface area contributed by atoms with Crippen LogP contribution in [0.3, 0.4) is 0 Å². The van der Waals surface area contributed by atoms with Crippen molar-refractivity contribution in [2.24, 2.45) is 47.3 Å². The minimum Gasteiger partial charge on any atom is -0.662 e. The fourth-order valence-corrected chi connectivity index (χ4v) is 2.36. The molecule has 224 valence electrons. The van der Waals surface area contributed by atoms with E-state index in [9.17, 15) is 0 Å². The summed E-state index contributed by atoms with van der Waals surface area (Å²) in [6.07, 6.45) is 0. The summed E-state index contributed by atoms with van der Waals surface area (Å²) in [7, 11) is 0. The van der Waals surface area contributed by atoms with Gasteiger partial charge in [0.25, 0.3) is 0 Å². The van der Waals surface area contributed by atoms with Crippen LogP contribution in [0.15, 0.2) is 0 Å². The molecular weight excluding hydrogens is 488 g/mol. The fraction of sp³-hybridized carbons (Fsp3) is 1.00. The van der Waals surface area contributed by atoms with Crippen LogP contribution < -0.4 is 0 Å². The molecule has 0 radical (unpaired) electrons. The summed E-state index contributed by atoms with van der Waals surface area (Å²) in [6.45, 7) is 43.4. The van der Waals surface area contributed by atoms with Crippen molar-refractivity contribution in [1.82, 2.24) is 0 Å². The molecule has 0 aliphatic carbocycles. The van der Waals surface area contributed by atoms with Gasteiger partial charge in [0, 0.05) is 0 Å². The van der Waals surface area contributed by atoms with Gasteiger partial charge in [0.15, 0.2) is 0 Å². The largest absolute Gasteiger partial charge is 4.00 e. The van der Waals surface area contributed by atoms with E-state index < -0.39 is 0 Å². The predicted molar refractivity (Wildman–Crippen MR) is 171 cm³/mol. The Morgan fingerprint density at radius 2 is 0.324 bits per heavy atom. The van der Waals surface area contributed by atoms with Crippen molar-refractivity contribution in [2.75, 3.05) is 52.4 Å². The average Bonchev–Trinajstić information content (AvgIpc) is 2.67. The third kappa shape index (κ3) is 72.4. The molecule has 0 aromatic carbocycles. The molecule has 0 fully saturated rings. The number of rotatable bonds is 16. The topological polar surface area (TPSA) is 56.4 Å². The minimum absolute atomic E-state index is 0. The van der Waals surface area contributed by atoms with Crippen molar-refractivity contribution in [2.45, 2.75) is 111 Å². The summed E-state index contributed by atoms with van der Waals surface area (Å²) in [5.41, 5.74) is 0. The van der Waals surface area contributed by atoms with Gasteiger partial charge in [-0.2, -0.15) is 0 Å². The van der Waals surface area contributed by atoms with Crippen molar-refractivity contribution in [3.05, 3.63) is 21.3 Å². The molecule has 0 heterocycles. The van der Waals surface area contributed by atoms with E-state index in [1.54, 1.807) is 0 Å². The van der Waals surface area contributed by atoms with Crippen molar-refractivity contribution >= 4 is 0 Å². The van der Waals surface area contributed by atoms with Crippen LogP contribution in [0, 0.1) is 47.3 Å². The molecule has 37 heavy (non-hydrogen) atoms. The number of hydrogen-bond donors (Lipinski definition) is 0. The summed E-state index contributed by atoms with van der Waals surface area (Å²) in [5.74, 6) is 5.81. The van der Waals surface area contributed by atoms with E-state index in [0.29, 0.717) is 0 Å². The first-order chi connectivity index (χ1) is 16.5. The van der Waals surface area contributed by atoms with E-state index in [4.69, 9.17) is 0 Å². The van der Waals surface area contributed by atoms with Gasteiger partial charge in [-0.3, -0.25) is 0 Å². The summed E-state index contributed by atoms with van der Waals surface area (Å²) in [5, 5.41) is 17.5. The second-order valence-corrected chi connectivity index (χ2v) is 13.5. The van der Waals surface area contributed by atoms with Crippen molar-refractivity contribution in [1.29, 1.82) is 0 Å². The zero-order valence-corrected chi connectivity index (χ0v) is 30.1. The van der Waals surface area contributed by atoms with Crippen LogP contribution in [0.25, 0.3) is 21.3 Å². The molecule has 0 aromatic rings. The average molecular weight is 561 g/mol. The van der Waals surface area contributed by atoms with E-state index in [-0.39, 0.29) is 21.7 Å². The van der Waals surface area contributed by atoms with E-state index in [1.165, 1.54) is 0 Å². The van der Waals surface area contributed by atoms with Crippen LogP contribution in [0.5, 0.6) is 0 Å². The molecule has 5 heteroatoms. The summed E-state index contributed by atoms with van der Waals surface area (Å²) >= 11 is 0. The standard InChI is InChI=1S/4C8H18N.Ti/c4*1-7(2)5-9-6-8(3)4;/h4*7-8H,5-6H2,1-4H3;/q4*-1;+4. The van der Waals surface area contributed by atoms with Gasteiger partial charge in [0.2, 0.25) is 0 Å². The molecule has 0 saturated carbocycles. The molecule has 0 aliphatic heterocycles. The Labute approximate surface area is 252 Å². The van der Waals surface area contributed by atoms with Gasteiger partial charge in [-0.05, 0) is 0 Å². The van der Waals surface area contributed by atoms with Crippen LogP contribution in [0.1, 0.15) is 111 Å². The smallest absolute Gasteiger partial charge is 0.662 e. The summed E-state index contributed by atoms with van der Waals surface area (Å²) < 4.78 is 0. The third-order valence-electron chi connectivity index (χ3n) is 3.95. The number of nitrogens with zero attached hydrogens (tertiary/aromatic N) is 4. The quantitative estimate of drug-likeness (QED) is 0.169. The van der Waals surface area contributed by atoms with Gasteiger partial charge in [-0.15, -0.1) is 52.4 Å². The number of hydrogen-bond acceptors (Lipinski definition) is 0. The first-order valence-electron chi connectivity index (χ1n) is 15.0. The van der Waals surface area contributed by atoms with Crippen LogP contribution in [0.2, 0.25) is 0 Å². The molecule has 0 unspecified atom stereocenters. The molecule has 0 aromatic heterocycles. The third-order valence-corrected chi connectivity index (χ3v) is 3.95. The van der Waals surface area contributed by atoms with E-state index in [0.717, 1.165) is 99.7 Å². The van der Waals surface area contributed by atoms with E-state index in [1.807, 2.05) is 0 Å². The maximum absolute atomic E-state index is 4.37. The Hall–Kier alpha value is 0.554. The first-order valence-corrected chi connectivity index (χ1v) is 15.0. The van der Waals surface area contributed by atoms with Gasteiger partial charge in [-0.25, -0.2) is 0 Å². The Morgan fingerprint density at radius 1 is 0.243 bits per heavy atom. The van der Waals surface area contributed by atoms with Crippen molar-refractivity contribution < 1.29 is 21.7 Å². The Morgan fingerprint density at radius 3 is 0.378 bits per heavy atom. The summed E-state index contributed by atoms with van der Waals surface area (Å²) in [6, 6.07) is 0. The molecular formula is C32H72N4Ti. The van der Waals surface area contributed by atoms with Gasteiger partial charge < -0.3 is 21.3 Å². The van der Waals surface area contributed by atoms with Gasteiger partial charge in [0.05, 0.1) is 0 Å². The molecule has 4 nitrogen and oxygen atoms in total. The van der Waals surface area contributed by atoms with Gasteiger partial charge in [-0.1, -0.05) is 158 Å². The van der Waals surface area contributed by atoms with Gasteiger partial charge in [0.1, 0.15) is 0 Å². The first kappa shape index (κ1) is 47.3.